The van der Waals surface area contributed by atoms with Crippen LogP contribution in [0.2, 0.25) is 0 Å². The number of β-amino-alcohol motifs (C(OH)–C–C–N with tert-alkyl or cyclic N) is 1. The quantitative estimate of drug-likeness (QED) is 0.661. The van der Waals surface area contributed by atoms with Gasteiger partial charge in [0.25, 0.3) is 0 Å². The van der Waals surface area contributed by atoms with E-state index in [-0.39, 0.29) is 31.4 Å². The number of aliphatic hydroxyl groups is 1. The molecule has 0 radical (unpaired) electrons. The van der Waals surface area contributed by atoms with E-state index in [1.807, 2.05) is 18.2 Å². The van der Waals surface area contributed by atoms with E-state index < -0.39 is 6.10 Å². The Balaban J connectivity index is 0.00000208. The van der Waals surface area contributed by atoms with Gasteiger partial charge in [-0.25, -0.2) is 0 Å². The molecule has 7 heteroatoms. The summed E-state index contributed by atoms with van der Waals surface area (Å²) in [6.45, 7) is 7.47. The van der Waals surface area contributed by atoms with Crippen LogP contribution >= 0.6 is 0 Å². The maximum Gasteiger partial charge on any atom is 0.231 e. The minimum Gasteiger partial charge on any atom is -1.00 e. The number of nitrogens with zero attached hydrogens (tertiary/aromatic N) is 1. The lowest BCUT2D eigenvalue weighted by atomic mass is 10.2. The third-order valence-corrected chi connectivity index (χ3v) is 3.98. The zero-order valence-electron chi connectivity index (χ0n) is 14.1. The Kier molecular flexibility index (Phi) is 7.13. The molecule has 2 aliphatic heterocycles. The highest BCUT2D eigenvalue weighted by Crippen LogP contribution is 2.32. The molecule has 3 unspecified atom stereocenters. The van der Waals surface area contributed by atoms with Crippen molar-refractivity contribution in [3.8, 4) is 11.5 Å². The van der Waals surface area contributed by atoms with Crippen LogP contribution in [0, 0.1) is 0 Å². The average Bonchev–Trinajstić information content (AvgIpc) is 2.93. The lowest BCUT2D eigenvalue weighted by molar-refractivity contribution is -0.0826. The molecule has 24 heavy (non-hydrogen) atoms. The highest BCUT2D eigenvalue weighted by Gasteiger charge is 2.23. The van der Waals surface area contributed by atoms with Gasteiger partial charge < -0.3 is 36.5 Å². The van der Waals surface area contributed by atoms with Crippen molar-refractivity contribution in [2.24, 2.45) is 0 Å². The molecule has 2 heterocycles. The molecule has 136 valence electrons. The van der Waals surface area contributed by atoms with E-state index >= 15 is 0 Å². The lowest BCUT2D eigenvalue weighted by Crippen LogP contribution is -3.00. The van der Waals surface area contributed by atoms with E-state index in [9.17, 15) is 5.11 Å². The molecule has 1 N–H and O–H groups in total. The summed E-state index contributed by atoms with van der Waals surface area (Å²) in [6.07, 6.45) is -0.0810. The lowest BCUT2D eigenvalue weighted by Gasteiger charge is -2.36. The summed E-state index contributed by atoms with van der Waals surface area (Å²) in [5, 5.41) is 10.2. The fraction of sp³-hybridized carbons (Fsp3) is 0.647. The Labute approximate surface area is 149 Å². The predicted molar refractivity (Wildman–Crippen MR) is 84.7 cm³/mol. The van der Waals surface area contributed by atoms with Gasteiger partial charge in [-0.05, 0) is 31.5 Å². The largest absolute Gasteiger partial charge is 1.00 e. The number of morpholine rings is 1. The van der Waals surface area contributed by atoms with E-state index in [1.165, 1.54) is 0 Å². The molecule has 1 aromatic carbocycles. The first-order valence-corrected chi connectivity index (χ1v) is 8.12. The molecule has 1 fully saturated rings. The van der Waals surface area contributed by atoms with Gasteiger partial charge >= 0.3 is 0 Å². The van der Waals surface area contributed by atoms with Crippen molar-refractivity contribution in [1.29, 1.82) is 0 Å². The minimum atomic E-state index is -0.499. The van der Waals surface area contributed by atoms with Gasteiger partial charge in [-0.1, -0.05) is 6.07 Å². The van der Waals surface area contributed by atoms with Crippen LogP contribution in [0.25, 0.3) is 0 Å². The topological polar surface area (TPSA) is 60.4 Å². The van der Waals surface area contributed by atoms with Crippen molar-refractivity contribution in [3.05, 3.63) is 23.8 Å². The maximum atomic E-state index is 10.2. The summed E-state index contributed by atoms with van der Waals surface area (Å²) in [6, 6.07) is 5.75. The van der Waals surface area contributed by atoms with Crippen LogP contribution in [0.3, 0.4) is 0 Å². The van der Waals surface area contributed by atoms with Crippen LogP contribution in [0.4, 0.5) is 0 Å². The summed E-state index contributed by atoms with van der Waals surface area (Å²) in [7, 11) is 0. The number of hydrogen-bond donors (Lipinski definition) is 1. The van der Waals surface area contributed by atoms with Crippen LogP contribution in [0.15, 0.2) is 18.2 Å². The first-order chi connectivity index (χ1) is 11.1. The Morgan fingerprint density at radius 2 is 1.92 bits per heavy atom. The second-order valence-electron chi connectivity index (χ2n) is 6.33. The molecule has 0 saturated carbocycles. The van der Waals surface area contributed by atoms with Crippen LogP contribution in [0.5, 0.6) is 11.5 Å². The van der Waals surface area contributed by atoms with E-state index in [2.05, 4.69) is 18.7 Å². The molecule has 0 amide bonds. The molecule has 3 atom stereocenters. The summed E-state index contributed by atoms with van der Waals surface area (Å²) in [5.74, 6) is 1.52. The second-order valence-corrected chi connectivity index (χ2v) is 6.33. The van der Waals surface area contributed by atoms with Gasteiger partial charge in [0, 0.05) is 19.6 Å². The van der Waals surface area contributed by atoms with E-state index in [0.717, 1.165) is 30.2 Å². The zero-order chi connectivity index (χ0) is 16.2. The highest BCUT2D eigenvalue weighted by molar-refractivity contribution is 5.44. The van der Waals surface area contributed by atoms with Gasteiger partial charge in [0.1, 0.15) is 0 Å². The molecule has 1 saturated heterocycles. The van der Waals surface area contributed by atoms with Crippen molar-refractivity contribution >= 4 is 0 Å². The number of benzene rings is 1. The summed E-state index contributed by atoms with van der Waals surface area (Å²) in [4.78, 5) is 2.23. The molecule has 0 aliphatic carbocycles. The normalized spacial score (nSPS) is 24.5. The Hall–Kier alpha value is -1.05. The van der Waals surface area contributed by atoms with E-state index in [4.69, 9.17) is 18.9 Å². The molecular weight excluding hydrogens is 334 g/mol. The van der Waals surface area contributed by atoms with Gasteiger partial charge in [-0.3, -0.25) is 4.90 Å². The summed E-state index contributed by atoms with van der Waals surface area (Å²) < 4.78 is 21.9. The number of ether oxygens (including phenoxy) is 4. The molecule has 0 aromatic heterocycles. The van der Waals surface area contributed by atoms with Crippen LogP contribution in [-0.2, 0) is 16.1 Å². The fourth-order valence-electron chi connectivity index (χ4n) is 3.13. The average molecular weight is 359 g/mol. The number of fused-ring (bicyclic) bond motifs is 1. The van der Waals surface area contributed by atoms with Gasteiger partial charge in [0.2, 0.25) is 6.79 Å². The second kappa shape index (κ2) is 8.87. The standard InChI is InChI=1S/C17H25NO5.ClH/c1-12-6-18(7-13(2)23-12)8-15(19)10-20-9-14-3-4-16-17(5-14)22-11-21-16;/h3-5,12-13,15,19H,6-11H2,1-2H3;1H/p-1. The van der Waals surface area contributed by atoms with Crippen molar-refractivity contribution in [1.82, 2.24) is 4.90 Å². The smallest absolute Gasteiger partial charge is 0.231 e. The fourth-order valence-corrected chi connectivity index (χ4v) is 3.13. The number of aliphatic hydroxyl groups excluding tert-OH is 1. The van der Waals surface area contributed by atoms with Gasteiger partial charge in [-0.2, -0.15) is 0 Å². The summed E-state index contributed by atoms with van der Waals surface area (Å²) in [5.41, 5.74) is 1.01. The number of halogens is 1. The third-order valence-electron chi connectivity index (χ3n) is 3.98. The van der Waals surface area contributed by atoms with Gasteiger partial charge in [-0.15, -0.1) is 0 Å². The number of hydrogen-bond acceptors (Lipinski definition) is 6. The van der Waals surface area contributed by atoms with Crippen molar-refractivity contribution < 1.29 is 36.5 Å². The molecule has 3 rings (SSSR count). The first-order valence-electron chi connectivity index (χ1n) is 8.12. The van der Waals surface area contributed by atoms with Crippen LogP contribution < -0.4 is 21.9 Å². The Morgan fingerprint density at radius 1 is 1.21 bits per heavy atom. The Morgan fingerprint density at radius 3 is 2.67 bits per heavy atom. The SMILES string of the molecule is CC1CN(CC(O)COCc2ccc3c(c2)OCO3)CC(C)O1.[Cl-]. The summed E-state index contributed by atoms with van der Waals surface area (Å²) >= 11 is 0. The van der Waals surface area contributed by atoms with Crippen molar-refractivity contribution in [3.63, 3.8) is 0 Å². The van der Waals surface area contributed by atoms with Crippen LogP contribution in [-0.4, -0.2) is 61.4 Å². The molecule has 6 nitrogen and oxygen atoms in total. The molecule has 0 bridgehead atoms. The third kappa shape index (κ3) is 5.22. The maximum absolute atomic E-state index is 10.2. The highest BCUT2D eigenvalue weighted by atomic mass is 35.5. The Bertz CT molecular complexity index is 520. The minimum absolute atomic E-state index is 0. The van der Waals surface area contributed by atoms with Crippen molar-refractivity contribution in [2.45, 2.75) is 38.8 Å². The monoisotopic (exact) mass is 358 g/mol. The zero-order valence-corrected chi connectivity index (χ0v) is 14.9. The molecular formula is C17H25ClNO5-. The van der Waals surface area contributed by atoms with Crippen molar-refractivity contribution in [2.75, 3.05) is 33.0 Å². The molecule has 1 aromatic rings. The molecule has 0 spiro atoms. The van der Waals surface area contributed by atoms with Crippen LogP contribution in [0.1, 0.15) is 19.4 Å². The molecule has 2 aliphatic rings. The van der Waals surface area contributed by atoms with Gasteiger partial charge in [0.15, 0.2) is 11.5 Å². The predicted octanol–water partition coefficient (Wildman–Crippen LogP) is -1.59. The first kappa shape index (κ1) is 19.3. The van der Waals surface area contributed by atoms with E-state index in [1.54, 1.807) is 0 Å². The van der Waals surface area contributed by atoms with E-state index in [0.29, 0.717) is 19.8 Å². The number of rotatable bonds is 6. The van der Waals surface area contributed by atoms with Gasteiger partial charge in [0.05, 0.1) is 31.5 Å².